The van der Waals surface area contributed by atoms with E-state index in [1.165, 1.54) is 6.07 Å². The Bertz CT molecular complexity index is 634. The van der Waals surface area contributed by atoms with Gasteiger partial charge in [0.25, 0.3) is 0 Å². The first-order chi connectivity index (χ1) is 10.1. The zero-order valence-electron chi connectivity index (χ0n) is 10.7. The lowest BCUT2D eigenvalue weighted by atomic mass is 10.1. The van der Waals surface area contributed by atoms with Crippen LogP contribution in [0.3, 0.4) is 0 Å². The van der Waals surface area contributed by atoms with Crippen molar-refractivity contribution in [2.24, 2.45) is 0 Å². The Balaban J connectivity index is 2.43. The monoisotopic (exact) mass is 322 g/mol. The Kier molecular flexibility index (Phi) is 4.20. The highest BCUT2D eigenvalue weighted by atomic mass is 19.4. The minimum absolute atomic E-state index is 0.259. The Morgan fingerprint density at radius 1 is 0.591 bits per heavy atom. The molecule has 0 saturated heterocycles. The maximum atomic E-state index is 12.3. The van der Waals surface area contributed by atoms with E-state index in [9.17, 15) is 26.3 Å². The maximum Gasteiger partial charge on any atom is 0.573 e. The Hall–Kier alpha value is -2.38. The molecule has 118 valence electrons. The van der Waals surface area contributed by atoms with Crippen molar-refractivity contribution in [3.8, 4) is 22.6 Å². The molecule has 22 heavy (non-hydrogen) atoms. The summed E-state index contributed by atoms with van der Waals surface area (Å²) in [6.45, 7) is 0. The lowest BCUT2D eigenvalue weighted by molar-refractivity contribution is -0.287. The van der Waals surface area contributed by atoms with Crippen LogP contribution in [0.15, 0.2) is 48.5 Å². The van der Waals surface area contributed by atoms with Gasteiger partial charge in [0.1, 0.15) is 0 Å². The molecule has 2 aromatic carbocycles. The highest BCUT2D eigenvalue weighted by molar-refractivity contribution is 5.67. The lowest BCUT2D eigenvalue weighted by Gasteiger charge is -2.16. The van der Waals surface area contributed by atoms with Gasteiger partial charge in [-0.25, -0.2) is 0 Å². The van der Waals surface area contributed by atoms with E-state index in [0.717, 1.165) is 12.1 Å². The average molecular weight is 322 g/mol. The fraction of sp³-hybridized carbons (Fsp3) is 0.143. The molecule has 0 heterocycles. The Morgan fingerprint density at radius 3 is 1.68 bits per heavy atom. The number of alkyl halides is 6. The van der Waals surface area contributed by atoms with Gasteiger partial charge in [0.15, 0.2) is 11.5 Å². The van der Waals surface area contributed by atoms with E-state index in [0.29, 0.717) is 5.56 Å². The first-order valence-corrected chi connectivity index (χ1v) is 5.85. The van der Waals surface area contributed by atoms with Crippen molar-refractivity contribution in [1.29, 1.82) is 0 Å². The molecule has 0 spiro atoms. The quantitative estimate of drug-likeness (QED) is 0.728. The van der Waals surface area contributed by atoms with Gasteiger partial charge >= 0.3 is 12.7 Å². The summed E-state index contributed by atoms with van der Waals surface area (Å²) in [4.78, 5) is 0. The number of hydrogen-bond acceptors (Lipinski definition) is 2. The van der Waals surface area contributed by atoms with E-state index < -0.39 is 24.2 Å². The molecule has 2 aromatic rings. The molecular weight excluding hydrogens is 314 g/mol. The van der Waals surface area contributed by atoms with E-state index in [2.05, 4.69) is 9.47 Å². The second-order valence-corrected chi connectivity index (χ2v) is 4.12. The number of hydrogen-bond donors (Lipinski definition) is 0. The maximum absolute atomic E-state index is 12.3. The summed E-state index contributed by atoms with van der Waals surface area (Å²) in [5.74, 6) is -2.13. The Labute approximate surface area is 120 Å². The van der Waals surface area contributed by atoms with Crippen LogP contribution in [-0.4, -0.2) is 12.7 Å². The molecule has 0 fully saturated rings. The van der Waals surface area contributed by atoms with Crippen LogP contribution in [0.4, 0.5) is 26.3 Å². The zero-order valence-corrected chi connectivity index (χ0v) is 10.7. The van der Waals surface area contributed by atoms with Crippen molar-refractivity contribution in [2.75, 3.05) is 0 Å². The number of halogens is 6. The molecule has 8 heteroatoms. The van der Waals surface area contributed by atoms with Crippen LogP contribution in [0.1, 0.15) is 0 Å². The molecule has 0 aliphatic rings. The molecule has 0 aromatic heterocycles. The first-order valence-electron chi connectivity index (χ1n) is 5.85. The molecule has 0 bridgehead atoms. The summed E-state index contributed by atoms with van der Waals surface area (Å²) in [6, 6.07) is 11.0. The van der Waals surface area contributed by atoms with Crippen LogP contribution < -0.4 is 9.47 Å². The summed E-state index contributed by atoms with van der Waals surface area (Å²) < 4.78 is 80.8. The fourth-order valence-electron chi connectivity index (χ4n) is 1.73. The molecule has 0 N–H and O–H groups in total. The molecule has 0 saturated carbocycles. The predicted octanol–water partition coefficient (Wildman–Crippen LogP) is 5.15. The van der Waals surface area contributed by atoms with Gasteiger partial charge in [-0.15, -0.1) is 26.3 Å². The van der Waals surface area contributed by atoms with E-state index >= 15 is 0 Å². The van der Waals surface area contributed by atoms with Gasteiger partial charge < -0.3 is 9.47 Å². The van der Waals surface area contributed by atoms with Gasteiger partial charge in [-0.3, -0.25) is 0 Å². The second kappa shape index (κ2) is 5.78. The van der Waals surface area contributed by atoms with Gasteiger partial charge in [0.2, 0.25) is 0 Å². The molecule has 0 atom stereocenters. The number of ether oxygens (including phenoxy) is 2. The number of benzene rings is 2. The summed E-state index contributed by atoms with van der Waals surface area (Å²) in [6.07, 6.45) is -10.3. The molecule has 0 radical (unpaired) electrons. The largest absolute Gasteiger partial charge is 0.573 e. The molecule has 0 unspecified atom stereocenters. The first kappa shape index (κ1) is 16.0. The summed E-state index contributed by atoms with van der Waals surface area (Å²) in [5, 5.41) is 0. The molecule has 0 aliphatic heterocycles. The zero-order chi connectivity index (χ0) is 16.4. The smallest absolute Gasteiger partial charge is 0.402 e. The summed E-state index contributed by atoms with van der Waals surface area (Å²) in [5.41, 5.74) is 0.780. The molecular formula is C14H8F6O2. The lowest BCUT2D eigenvalue weighted by Crippen LogP contribution is -2.21. The fourth-order valence-corrected chi connectivity index (χ4v) is 1.73. The van der Waals surface area contributed by atoms with E-state index in [4.69, 9.17) is 0 Å². The molecule has 0 amide bonds. The van der Waals surface area contributed by atoms with Crippen LogP contribution in [0.25, 0.3) is 11.1 Å². The van der Waals surface area contributed by atoms with E-state index in [-0.39, 0.29) is 5.56 Å². The summed E-state index contributed by atoms with van der Waals surface area (Å²) in [7, 11) is 0. The van der Waals surface area contributed by atoms with E-state index in [1.54, 1.807) is 30.3 Å². The normalized spacial score (nSPS) is 12.1. The van der Waals surface area contributed by atoms with Crippen molar-refractivity contribution in [1.82, 2.24) is 0 Å². The molecule has 2 nitrogen and oxygen atoms in total. The van der Waals surface area contributed by atoms with Crippen LogP contribution in [0.5, 0.6) is 11.5 Å². The SMILES string of the molecule is FC(F)(F)Oc1ccc(-c2ccccc2)cc1OC(F)(F)F. The molecule has 2 rings (SSSR count). The highest BCUT2D eigenvalue weighted by Crippen LogP contribution is 2.38. The van der Waals surface area contributed by atoms with Crippen molar-refractivity contribution < 1.29 is 35.8 Å². The Morgan fingerprint density at radius 2 is 1.14 bits per heavy atom. The van der Waals surface area contributed by atoms with Gasteiger partial charge in [0, 0.05) is 0 Å². The third-order valence-electron chi connectivity index (χ3n) is 2.50. The molecule has 0 aliphatic carbocycles. The standard InChI is InChI=1S/C14H8F6O2/c15-13(16,17)21-11-7-6-10(9-4-2-1-3-5-9)8-12(11)22-14(18,19)20/h1-8H. The van der Waals surface area contributed by atoms with Crippen molar-refractivity contribution in [3.63, 3.8) is 0 Å². The van der Waals surface area contributed by atoms with Gasteiger partial charge in [-0.1, -0.05) is 36.4 Å². The predicted molar refractivity (Wildman–Crippen MR) is 65.2 cm³/mol. The second-order valence-electron chi connectivity index (χ2n) is 4.12. The highest BCUT2D eigenvalue weighted by Gasteiger charge is 2.36. The summed E-state index contributed by atoms with van der Waals surface area (Å²) >= 11 is 0. The van der Waals surface area contributed by atoms with Crippen LogP contribution in [0, 0.1) is 0 Å². The van der Waals surface area contributed by atoms with Gasteiger partial charge in [-0.05, 0) is 23.3 Å². The van der Waals surface area contributed by atoms with Crippen LogP contribution >= 0.6 is 0 Å². The number of rotatable bonds is 3. The third kappa shape index (κ3) is 4.57. The van der Waals surface area contributed by atoms with E-state index in [1.807, 2.05) is 0 Å². The van der Waals surface area contributed by atoms with Gasteiger partial charge in [0.05, 0.1) is 0 Å². The van der Waals surface area contributed by atoms with Crippen molar-refractivity contribution in [3.05, 3.63) is 48.5 Å². The third-order valence-corrected chi connectivity index (χ3v) is 2.50. The minimum atomic E-state index is -5.14. The van der Waals surface area contributed by atoms with Crippen LogP contribution in [0.2, 0.25) is 0 Å². The van der Waals surface area contributed by atoms with Gasteiger partial charge in [-0.2, -0.15) is 0 Å². The minimum Gasteiger partial charge on any atom is -0.402 e. The van der Waals surface area contributed by atoms with Crippen LogP contribution in [-0.2, 0) is 0 Å². The van der Waals surface area contributed by atoms with Crippen molar-refractivity contribution in [2.45, 2.75) is 12.7 Å². The topological polar surface area (TPSA) is 18.5 Å². The van der Waals surface area contributed by atoms with Crippen molar-refractivity contribution >= 4 is 0 Å². The average Bonchev–Trinajstić information content (AvgIpc) is 2.38.